The Hall–Kier alpha value is -0.810. The van der Waals surface area contributed by atoms with Crippen molar-refractivity contribution in [3.05, 3.63) is 0 Å². The Morgan fingerprint density at radius 1 is 1.18 bits per heavy atom. The Balaban J connectivity index is 0.00000242. The van der Waals surface area contributed by atoms with E-state index in [1.807, 2.05) is 13.8 Å². The lowest BCUT2D eigenvalue weighted by Gasteiger charge is -2.28. The first-order valence-corrected chi connectivity index (χ1v) is 8.21. The Morgan fingerprint density at radius 3 is 2.36 bits per heavy atom. The summed E-state index contributed by atoms with van der Waals surface area (Å²) in [6.45, 7) is 5.89. The molecule has 5 nitrogen and oxygen atoms in total. The fraction of sp³-hybridized carbons (Fsp3) is 0.875. The fourth-order valence-electron chi connectivity index (χ4n) is 3.91. The molecule has 0 aromatic carbocycles. The van der Waals surface area contributed by atoms with E-state index in [4.69, 9.17) is 5.73 Å². The lowest BCUT2D eigenvalue weighted by atomic mass is 9.84. The lowest BCUT2D eigenvalue weighted by molar-refractivity contribution is -0.127. The third-order valence-corrected chi connectivity index (χ3v) is 5.27. The fourth-order valence-corrected chi connectivity index (χ4v) is 3.91. The summed E-state index contributed by atoms with van der Waals surface area (Å²) in [7, 11) is 0. The Kier molecular flexibility index (Phi) is 7.13. The van der Waals surface area contributed by atoms with Gasteiger partial charge in [-0.15, -0.1) is 12.4 Å². The predicted molar refractivity (Wildman–Crippen MR) is 89.6 cm³/mol. The van der Waals surface area contributed by atoms with Crippen molar-refractivity contribution in [2.45, 2.75) is 58.5 Å². The largest absolute Gasteiger partial charge is 0.352 e. The summed E-state index contributed by atoms with van der Waals surface area (Å²) in [5.74, 6) is 1.97. The van der Waals surface area contributed by atoms with Gasteiger partial charge >= 0.3 is 0 Å². The number of hydrogen-bond acceptors (Lipinski definition) is 3. The van der Waals surface area contributed by atoms with Crippen molar-refractivity contribution in [1.82, 2.24) is 10.6 Å². The van der Waals surface area contributed by atoms with Gasteiger partial charge in [0.1, 0.15) is 0 Å². The minimum atomic E-state index is -0.555. The molecule has 2 aliphatic rings. The highest BCUT2D eigenvalue weighted by molar-refractivity contribution is 5.87. The summed E-state index contributed by atoms with van der Waals surface area (Å²) < 4.78 is 0. The molecule has 128 valence electrons. The van der Waals surface area contributed by atoms with Crippen LogP contribution in [-0.2, 0) is 9.59 Å². The number of nitrogens with one attached hydrogen (secondary N) is 2. The van der Waals surface area contributed by atoms with Gasteiger partial charge in [-0.05, 0) is 49.9 Å². The number of nitrogens with two attached hydrogens (primary N) is 1. The van der Waals surface area contributed by atoms with E-state index in [9.17, 15) is 9.59 Å². The van der Waals surface area contributed by atoms with Gasteiger partial charge in [-0.25, -0.2) is 0 Å². The maximum atomic E-state index is 11.9. The van der Waals surface area contributed by atoms with E-state index >= 15 is 0 Å². The zero-order chi connectivity index (χ0) is 15.6. The number of hydrogen-bond donors (Lipinski definition) is 3. The van der Waals surface area contributed by atoms with Crippen LogP contribution in [0.5, 0.6) is 0 Å². The van der Waals surface area contributed by atoms with Crippen LogP contribution in [0.15, 0.2) is 0 Å². The summed E-state index contributed by atoms with van der Waals surface area (Å²) in [4.78, 5) is 23.7. The average molecular weight is 332 g/mol. The smallest absolute Gasteiger partial charge is 0.239 e. The molecule has 4 N–H and O–H groups in total. The molecule has 5 atom stereocenters. The molecular formula is C16H30ClN3O2. The van der Waals surface area contributed by atoms with E-state index < -0.39 is 6.04 Å². The first kappa shape index (κ1) is 19.2. The van der Waals surface area contributed by atoms with Crippen LogP contribution in [0.25, 0.3) is 0 Å². The topological polar surface area (TPSA) is 84.2 Å². The SMILES string of the molecule is CC(NC(=O)CNC(=O)[C@@H](N)C(C)C)C1CC2CCC1C2.Cl. The minimum Gasteiger partial charge on any atom is -0.352 e. The van der Waals surface area contributed by atoms with Crippen molar-refractivity contribution in [2.75, 3.05) is 6.54 Å². The van der Waals surface area contributed by atoms with Crippen LogP contribution in [-0.4, -0.2) is 30.4 Å². The van der Waals surface area contributed by atoms with Crippen LogP contribution in [0.3, 0.4) is 0 Å². The van der Waals surface area contributed by atoms with Crippen molar-refractivity contribution in [1.29, 1.82) is 0 Å². The molecule has 2 fully saturated rings. The standard InChI is InChI=1S/C16H29N3O2.ClH/c1-9(2)15(17)16(21)18-8-14(20)19-10(3)13-7-11-4-5-12(13)6-11;/h9-13,15H,4-8,17H2,1-3H3,(H,18,21)(H,19,20);1H/t10?,11?,12?,13?,15-;/m0./s1. The van der Waals surface area contributed by atoms with Crippen LogP contribution in [0.1, 0.15) is 46.5 Å². The number of halogens is 1. The summed E-state index contributed by atoms with van der Waals surface area (Å²) in [6, 6.07) is -0.357. The maximum Gasteiger partial charge on any atom is 0.239 e. The predicted octanol–water partition coefficient (Wildman–Crippen LogP) is 1.45. The quantitative estimate of drug-likeness (QED) is 0.688. The first-order chi connectivity index (χ1) is 9.88. The number of rotatable bonds is 6. The monoisotopic (exact) mass is 331 g/mol. The van der Waals surface area contributed by atoms with E-state index in [0.717, 1.165) is 11.8 Å². The van der Waals surface area contributed by atoms with E-state index in [-0.39, 0.29) is 42.7 Å². The summed E-state index contributed by atoms with van der Waals surface area (Å²) in [5, 5.41) is 5.65. The summed E-state index contributed by atoms with van der Waals surface area (Å²) >= 11 is 0. The van der Waals surface area contributed by atoms with Gasteiger partial charge < -0.3 is 16.4 Å². The van der Waals surface area contributed by atoms with E-state index in [2.05, 4.69) is 17.6 Å². The average Bonchev–Trinajstić information content (AvgIpc) is 3.06. The molecule has 0 aromatic heterocycles. The third-order valence-electron chi connectivity index (χ3n) is 5.27. The lowest BCUT2D eigenvalue weighted by Crippen LogP contribution is -2.49. The molecule has 0 spiro atoms. The van der Waals surface area contributed by atoms with Gasteiger partial charge in [0, 0.05) is 6.04 Å². The van der Waals surface area contributed by atoms with Gasteiger partial charge in [-0.2, -0.15) is 0 Å². The number of carbonyl (C=O) groups excluding carboxylic acids is 2. The van der Waals surface area contributed by atoms with Crippen molar-refractivity contribution < 1.29 is 9.59 Å². The Bertz CT molecular complexity index is 403. The van der Waals surface area contributed by atoms with Crippen LogP contribution in [0.2, 0.25) is 0 Å². The van der Waals surface area contributed by atoms with Crippen molar-refractivity contribution >= 4 is 24.2 Å². The number of fused-ring (bicyclic) bond motifs is 2. The van der Waals surface area contributed by atoms with Gasteiger partial charge in [0.25, 0.3) is 0 Å². The zero-order valence-electron chi connectivity index (χ0n) is 13.8. The highest BCUT2D eigenvalue weighted by Gasteiger charge is 2.42. The van der Waals surface area contributed by atoms with Crippen molar-refractivity contribution in [2.24, 2.45) is 29.4 Å². The first-order valence-electron chi connectivity index (χ1n) is 8.21. The molecule has 2 aliphatic carbocycles. The molecule has 2 bridgehead atoms. The molecule has 0 aliphatic heterocycles. The van der Waals surface area contributed by atoms with E-state index in [1.54, 1.807) is 0 Å². The zero-order valence-corrected chi connectivity index (χ0v) is 14.6. The van der Waals surface area contributed by atoms with E-state index in [1.165, 1.54) is 25.7 Å². The molecule has 0 heterocycles. The maximum absolute atomic E-state index is 11.9. The van der Waals surface area contributed by atoms with Gasteiger partial charge in [0.05, 0.1) is 12.6 Å². The highest BCUT2D eigenvalue weighted by Crippen LogP contribution is 2.49. The van der Waals surface area contributed by atoms with Crippen LogP contribution < -0.4 is 16.4 Å². The second-order valence-electron chi connectivity index (χ2n) is 7.18. The van der Waals surface area contributed by atoms with Gasteiger partial charge in [0.15, 0.2) is 0 Å². The van der Waals surface area contributed by atoms with Crippen LogP contribution >= 0.6 is 12.4 Å². The molecule has 2 rings (SSSR count). The van der Waals surface area contributed by atoms with Gasteiger partial charge in [-0.1, -0.05) is 20.3 Å². The third kappa shape index (κ3) is 4.59. The molecule has 0 aromatic rings. The molecule has 4 unspecified atom stereocenters. The van der Waals surface area contributed by atoms with E-state index in [0.29, 0.717) is 5.92 Å². The Morgan fingerprint density at radius 2 is 1.86 bits per heavy atom. The molecule has 0 saturated heterocycles. The normalized spacial score (nSPS) is 28.9. The number of amides is 2. The molecular weight excluding hydrogens is 302 g/mol. The highest BCUT2D eigenvalue weighted by atomic mass is 35.5. The van der Waals surface area contributed by atoms with Crippen molar-refractivity contribution in [3.8, 4) is 0 Å². The number of carbonyl (C=O) groups is 2. The molecule has 22 heavy (non-hydrogen) atoms. The second kappa shape index (κ2) is 8.16. The van der Waals surface area contributed by atoms with Crippen LogP contribution in [0, 0.1) is 23.7 Å². The van der Waals surface area contributed by atoms with Gasteiger partial charge in [0.2, 0.25) is 11.8 Å². The Labute approximate surface area is 139 Å². The summed E-state index contributed by atoms with van der Waals surface area (Å²) in [6.07, 6.45) is 5.27. The summed E-state index contributed by atoms with van der Waals surface area (Å²) in [5.41, 5.74) is 5.74. The van der Waals surface area contributed by atoms with Crippen LogP contribution in [0.4, 0.5) is 0 Å². The molecule has 2 amide bonds. The second-order valence-corrected chi connectivity index (χ2v) is 7.18. The molecule has 6 heteroatoms. The molecule has 0 radical (unpaired) electrons. The minimum absolute atomic E-state index is 0. The van der Waals surface area contributed by atoms with Gasteiger partial charge in [-0.3, -0.25) is 9.59 Å². The van der Waals surface area contributed by atoms with Crippen molar-refractivity contribution in [3.63, 3.8) is 0 Å². The molecule has 2 saturated carbocycles.